The van der Waals surface area contributed by atoms with Crippen LogP contribution in [0.2, 0.25) is 0 Å². The van der Waals surface area contributed by atoms with E-state index in [0.29, 0.717) is 11.3 Å². The van der Waals surface area contributed by atoms with Gasteiger partial charge in [-0.3, -0.25) is 9.78 Å². The van der Waals surface area contributed by atoms with Crippen molar-refractivity contribution in [3.8, 4) is 28.5 Å². The predicted octanol–water partition coefficient (Wildman–Crippen LogP) is 4.72. The lowest BCUT2D eigenvalue weighted by Crippen LogP contribution is -2.41. The highest BCUT2D eigenvalue weighted by Gasteiger charge is 2.51. The monoisotopic (exact) mass is 517 g/mol. The van der Waals surface area contributed by atoms with Crippen LogP contribution in [0.4, 0.5) is 5.95 Å². The molecule has 1 aliphatic rings. The van der Waals surface area contributed by atoms with Gasteiger partial charge in [-0.15, -0.1) is 0 Å². The summed E-state index contributed by atoms with van der Waals surface area (Å²) in [5.41, 5.74) is 6.38. The van der Waals surface area contributed by atoms with Crippen LogP contribution in [0.25, 0.3) is 22.4 Å². The van der Waals surface area contributed by atoms with Gasteiger partial charge in [-0.05, 0) is 49.8 Å². The second-order valence-corrected chi connectivity index (χ2v) is 10.3. The molecule has 0 saturated carbocycles. The van der Waals surface area contributed by atoms with Crippen LogP contribution < -0.4 is 16.4 Å². The van der Waals surface area contributed by atoms with Crippen LogP contribution in [0.5, 0.6) is 0 Å². The van der Waals surface area contributed by atoms with Gasteiger partial charge in [0.1, 0.15) is 11.6 Å². The lowest BCUT2D eigenvalue weighted by atomic mass is 9.78. The number of nitriles is 1. The van der Waals surface area contributed by atoms with Gasteiger partial charge < -0.3 is 9.31 Å². The number of H-pyrrole nitrogens is 1. The second-order valence-electron chi connectivity index (χ2n) is 10.3. The van der Waals surface area contributed by atoms with Crippen LogP contribution in [-0.2, 0) is 9.31 Å². The maximum Gasteiger partial charge on any atom is 0.494 e. The maximum absolute atomic E-state index is 12.4. The zero-order valence-electron chi connectivity index (χ0n) is 22.2. The Labute approximate surface area is 227 Å². The van der Waals surface area contributed by atoms with Crippen LogP contribution in [0, 0.1) is 11.3 Å². The molecular weight excluding hydrogens is 489 g/mol. The summed E-state index contributed by atoms with van der Waals surface area (Å²) in [5.74, 6) is 0.146. The fraction of sp³-hybridized carbons (Fsp3) is 0.200. The highest BCUT2D eigenvalue weighted by Crippen LogP contribution is 2.36. The number of benzene rings is 3. The van der Waals surface area contributed by atoms with Crippen LogP contribution in [0.15, 0.2) is 88.8 Å². The smallest absolute Gasteiger partial charge is 0.399 e. The van der Waals surface area contributed by atoms with Gasteiger partial charge in [-0.25, -0.2) is 10.4 Å². The molecule has 4 aromatic rings. The van der Waals surface area contributed by atoms with E-state index in [9.17, 15) is 10.1 Å². The van der Waals surface area contributed by atoms with Crippen LogP contribution in [0.1, 0.15) is 38.8 Å². The molecule has 0 radical (unpaired) electrons. The number of anilines is 1. The van der Waals surface area contributed by atoms with E-state index in [4.69, 9.17) is 9.31 Å². The Kier molecular flexibility index (Phi) is 6.92. The minimum Gasteiger partial charge on any atom is -0.399 e. The molecule has 8 nitrogen and oxygen atoms in total. The minimum atomic E-state index is -0.530. The van der Waals surface area contributed by atoms with E-state index in [-0.39, 0.29) is 29.8 Å². The van der Waals surface area contributed by atoms with Crippen LogP contribution >= 0.6 is 0 Å². The standard InChI is InChI=1S/C30H28BN5O3/c1-29(2)30(3,4)39-31(38-29)24-16-14-22(15-17-24)21-12-10-20(11-13-21)19-33-36-28-34-26(23-8-6-5-7-9-23)25(18-32)27(37)35-28/h5-17,19H,1-4H3,(H2,34,35,36,37). The number of nitrogens with one attached hydrogen (secondary N) is 2. The second kappa shape index (κ2) is 10.3. The summed E-state index contributed by atoms with van der Waals surface area (Å²) >= 11 is 0. The summed E-state index contributed by atoms with van der Waals surface area (Å²) in [6.07, 6.45) is 1.63. The maximum atomic E-state index is 12.4. The Balaban J connectivity index is 1.26. The molecule has 0 spiro atoms. The van der Waals surface area contributed by atoms with Crippen molar-refractivity contribution in [3.63, 3.8) is 0 Å². The molecule has 9 heteroatoms. The molecule has 3 aromatic carbocycles. The van der Waals surface area contributed by atoms with Crippen LogP contribution in [-0.4, -0.2) is 34.5 Å². The molecule has 1 aromatic heterocycles. The average Bonchev–Trinajstić information content (AvgIpc) is 3.16. The van der Waals surface area contributed by atoms with E-state index < -0.39 is 5.56 Å². The van der Waals surface area contributed by atoms with Crippen molar-refractivity contribution < 1.29 is 9.31 Å². The van der Waals surface area contributed by atoms with E-state index in [1.807, 2.05) is 88.4 Å². The van der Waals surface area contributed by atoms with Crippen molar-refractivity contribution in [1.29, 1.82) is 5.26 Å². The summed E-state index contributed by atoms with van der Waals surface area (Å²) < 4.78 is 12.3. The molecule has 1 aliphatic heterocycles. The Morgan fingerprint density at radius 2 is 1.49 bits per heavy atom. The zero-order valence-corrected chi connectivity index (χ0v) is 22.2. The predicted molar refractivity (Wildman–Crippen MR) is 154 cm³/mol. The number of hydrazone groups is 1. The minimum absolute atomic E-state index is 0.0460. The third-order valence-electron chi connectivity index (χ3n) is 7.14. The fourth-order valence-corrected chi connectivity index (χ4v) is 4.18. The van der Waals surface area contributed by atoms with Gasteiger partial charge in [0, 0.05) is 5.56 Å². The van der Waals surface area contributed by atoms with Gasteiger partial charge in [-0.1, -0.05) is 78.9 Å². The van der Waals surface area contributed by atoms with Crippen molar-refractivity contribution in [2.24, 2.45) is 5.10 Å². The normalized spacial score (nSPS) is 15.8. The molecule has 0 bridgehead atoms. The summed E-state index contributed by atoms with van der Waals surface area (Å²) in [7, 11) is -0.389. The number of hydrogen-bond acceptors (Lipinski definition) is 7. The van der Waals surface area contributed by atoms with E-state index in [0.717, 1.165) is 22.2 Å². The number of aromatic amines is 1. The number of nitrogens with zero attached hydrogens (tertiary/aromatic N) is 3. The summed E-state index contributed by atoms with van der Waals surface area (Å²) in [5, 5.41) is 13.6. The molecule has 39 heavy (non-hydrogen) atoms. The Morgan fingerprint density at radius 3 is 2.08 bits per heavy atom. The third kappa shape index (κ3) is 5.39. The molecule has 1 fully saturated rings. The quantitative estimate of drug-likeness (QED) is 0.218. The van der Waals surface area contributed by atoms with E-state index in [1.165, 1.54) is 0 Å². The lowest BCUT2D eigenvalue weighted by molar-refractivity contribution is 0.00578. The van der Waals surface area contributed by atoms with Gasteiger partial charge in [0.05, 0.1) is 23.1 Å². The van der Waals surface area contributed by atoms with Crippen LogP contribution in [0.3, 0.4) is 0 Å². The number of hydrogen-bond donors (Lipinski definition) is 2. The Bertz CT molecular complexity index is 1590. The number of aromatic nitrogens is 2. The molecular formula is C30H28BN5O3. The van der Waals surface area contributed by atoms with E-state index >= 15 is 0 Å². The third-order valence-corrected chi connectivity index (χ3v) is 7.14. The first-order valence-corrected chi connectivity index (χ1v) is 12.6. The summed E-state index contributed by atoms with van der Waals surface area (Å²) in [6, 6.07) is 27.1. The van der Waals surface area contributed by atoms with Crippen molar-refractivity contribution in [1.82, 2.24) is 9.97 Å². The first kappa shape index (κ1) is 26.1. The lowest BCUT2D eigenvalue weighted by Gasteiger charge is -2.32. The molecule has 0 aliphatic carbocycles. The number of rotatable bonds is 6. The first-order chi connectivity index (χ1) is 18.7. The molecule has 194 valence electrons. The van der Waals surface area contributed by atoms with Gasteiger partial charge >= 0.3 is 7.12 Å². The fourth-order valence-electron chi connectivity index (χ4n) is 4.18. The van der Waals surface area contributed by atoms with E-state index in [1.54, 1.807) is 18.3 Å². The Hall–Kier alpha value is -4.52. The molecule has 0 amide bonds. The van der Waals surface area contributed by atoms with E-state index in [2.05, 4.69) is 32.6 Å². The summed E-state index contributed by atoms with van der Waals surface area (Å²) in [4.78, 5) is 19.3. The van der Waals surface area contributed by atoms with Crippen molar-refractivity contribution >= 4 is 24.7 Å². The SMILES string of the molecule is CC1(C)OB(c2ccc(-c3ccc(C=NNc4nc(-c5ccccc5)c(C#N)c(=O)[nH]4)cc3)cc2)OC1(C)C. The van der Waals surface area contributed by atoms with Crippen molar-refractivity contribution in [3.05, 3.63) is 100 Å². The van der Waals surface area contributed by atoms with Gasteiger partial charge in [-0.2, -0.15) is 10.4 Å². The molecule has 1 saturated heterocycles. The van der Waals surface area contributed by atoms with Gasteiger partial charge in [0.2, 0.25) is 5.95 Å². The van der Waals surface area contributed by atoms with Gasteiger partial charge in [0.15, 0.2) is 0 Å². The molecule has 2 N–H and O–H groups in total. The van der Waals surface area contributed by atoms with Gasteiger partial charge in [0.25, 0.3) is 5.56 Å². The topological polar surface area (TPSA) is 112 Å². The summed E-state index contributed by atoms with van der Waals surface area (Å²) in [6.45, 7) is 8.18. The molecule has 5 rings (SSSR count). The highest BCUT2D eigenvalue weighted by molar-refractivity contribution is 6.62. The molecule has 0 unspecified atom stereocenters. The largest absolute Gasteiger partial charge is 0.494 e. The van der Waals surface area contributed by atoms with Crippen molar-refractivity contribution in [2.45, 2.75) is 38.9 Å². The highest BCUT2D eigenvalue weighted by atomic mass is 16.7. The average molecular weight is 517 g/mol. The first-order valence-electron chi connectivity index (χ1n) is 12.6. The van der Waals surface area contributed by atoms with Crippen molar-refractivity contribution in [2.75, 3.05) is 5.43 Å². The Morgan fingerprint density at radius 1 is 0.897 bits per heavy atom. The molecule has 0 atom stereocenters. The molecule has 2 heterocycles. The zero-order chi connectivity index (χ0) is 27.6.